The zero-order valence-corrected chi connectivity index (χ0v) is 13.3. The number of hydrogen-bond acceptors (Lipinski definition) is 4. The minimum atomic E-state index is 0.751. The molecule has 118 valence electrons. The summed E-state index contributed by atoms with van der Waals surface area (Å²) in [7, 11) is 0. The fourth-order valence-corrected chi connectivity index (χ4v) is 3.19. The van der Waals surface area contributed by atoms with E-state index in [1.807, 2.05) is 60.9 Å². The fraction of sp³-hybridized carbons (Fsp3) is 0. The van der Waals surface area contributed by atoms with E-state index >= 15 is 0 Å². The Morgan fingerprint density at radius 2 is 1.60 bits per heavy atom. The largest absolute Gasteiger partial charge is 0.355 e. The van der Waals surface area contributed by atoms with Gasteiger partial charge in [0.25, 0.3) is 0 Å². The second-order valence-corrected chi connectivity index (χ2v) is 5.84. The van der Waals surface area contributed by atoms with Crippen LogP contribution in [0.3, 0.4) is 0 Å². The van der Waals surface area contributed by atoms with Gasteiger partial charge in [-0.15, -0.1) is 0 Å². The van der Waals surface area contributed by atoms with E-state index in [4.69, 9.17) is 4.52 Å². The van der Waals surface area contributed by atoms with E-state index in [2.05, 4.69) is 27.3 Å². The second-order valence-electron chi connectivity index (χ2n) is 5.84. The zero-order valence-electron chi connectivity index (χ0n) is 13.3. The van der Waals surface area contributed by atoms with Crippen LogP contribution < -0.4 is 0 Å². The highest BCUT2D eigenvalue weighted by Gasteiger charge is 2.16. The first-order valence-electron chi connectivity index (χ1n) is 8.05. The molecule has 0 amide bonds. The molecule has 0 fully saturated rings. The van der Waals surface area contributed by atoms with E-state index in [1.54, 1.807) is 6.20 Å². The normalized spacial score (nSPS) is 11.2. The molecule has 0 radical (unpaired) electrons. The highest BCUT2D eigenvalue weighted by molar-refractivity contribution is 6.05. The van der Waals surface area contributed by atoms with Gasteiger partial charge in [0.2, 0.25) is 0 Å². The van der Waals surface area contributed by atoms with Crippen molar-refractivity contribution in [2.45, 2.75) is 0 Å². The van der Waals surface area contributed by atoms with Crippen molar-refractivity contribution >= 4 is 21.7 Å². The van der Waals surface area contributed by atoms with E-state index in [-0.39, 0.29) is 0 Å². The second kappa shape index (κ2) is 5.53. The first kappa shape index (κ1) is 13.9. The summed E-state index contributed by atoms with van der Waals surface area (Å²) in [5.74, 6) is 0. The van der Waals surface area contributed by atoms with Crippen molar-refractivity contribution in [2.24, 2.45) is 0 Å². The number of aromatic nitrogens is 3. The predicted octanol–water partition coefficient (Wildman–Crippen LogP) is 5.11. The summed E-state index contributed by atoms with van der Waals surface area (Å²) in [4.78, 5) is 8.78. The number of hydrogen-bond donors (Lipinski definition) is 0. The molecule has 0 saturated heterocycles. The van der Waals surface area contributed by atoms with Gasteiger partial charge in [-0.3, -0.25) is 9.97 Å². The molecule has 3 aromatic heterocycles. The fourth-order valence-electron chi connectivity index (χ4n) is 3.19. The average molecular weight is 323 g/mol. The van der Waals surface area contributed by atoms with Gasteiger partial charge < -0.3 is 4.52 Å². The molecule has 0 aliphatic heterocycles. The van der Waals surface area contributed by atoms with Crippen LogP contribution in [0.4, 0.5) is 0 Å². The molecule has 0 bridgehead atoms. The molecule has 2 aromatic carbocycles. The Morgan fingerprint density at radius 3 is 2.52 bits per heavy atom. The predicted molar refractivity (Wildman–Crippen MR) is 98.0 cm³/mol. The smallest absolute Gasteiger partial charge is 0.175 e. The molecular formula is C21H13N3O. The van der Waals surface area contributed by atoms with E-state index in [1.165, 1.54) is 0 Å². The molecule has 25 heavy (non-hydrogen) atoms. The van der Waals surface area contributed by atoms with Gasteiger partial charge >= 0.3 is 0 Å². The summed E-state index contributed by atoms with van der Waals surface area (Å²) >= 11 is 0. The van der Waals surface area contributed by atoms with Crippen LogP contribution in [-0.2, 0) is 0 Å². The Bertz CT molecular complexity index is 1190. The average Bonchev–Trinajstić information content (AvgIpc) is 3.12. The van der Waals surface area contributed by atoms with Gasteiger partial charge in [-0.2, -0.15) is 0 Å². The van der Waals surface area contributed by atoms with Crippen molar-refractivity contribution in [3.8, 4) is 22.5 Å². The first-order chi connectivity index (χ1) is 12.4. The topological polar surface area (TPSA) is 51.8 Å². The lowest BCUT2D eigenvalue weighted by atomic mass is 9.99. The summed E-state index contributed by atoms with van der Waals surface area (Å²) < 4.78 is 5.72. The minimum absolute atomic E-state index is 0.751. The van der Waals surface area contributed by atoms with Gasteiger partial charge in [0.15, 0.2) is 5.58 Å². The SMILES string of the molecule is c1ccc(-c2noc3c(-c4cncc5ccccc45)cccc23)nc1. The molecule has 0 spiro atoms. The van der Waals surface area contributed by atoms with Gasteiger partial charge in [0.05, 0.1) is 11.1 Å². The Morgan fingerprint density at radius 1 is 0.720 bits per heavy atom. The summed E-state index contributed by atoms with van der Waals surface area (Å²) in [6, 6.07) is 20.0. The molecule has 0 aliphatic rings. The molecule has 3 heterocycles. The van der Waals surface area contributed by atoms with Crippen molar-refractivity contribution in [1.82, 2.24) is 15.1 Å². The molecule has 4 heteroatoms. The quantitative estimate of drug-likeness (QED) is 0.453. The van der Waals surface area contributed by atoms with Crippen LogP contribution in [0.1, 0.15) is 0 Å². The Hall–Kier alpha value is -3.53. The summed E-state index contributed by atoms with van der Waals surface area (Å²) in [6.07, 6.45) is 5.51. The van der Waals surface area contributed by atoms with E-state index in [0.29, 0.717) is 0 Å². The van der Waals surface area contributed by atoms with Crippen LogP contribution in [0.5, 0.6) is 0 Å². The third-order valence-corrected chi connectivity index (χ3v) is 4.36. The lowest BCUT2D eigenvalue weighted by molar-refractivity contribution is 0.460. The molecule has 0 unspecified atom stereocenters. The van der Waals surface area contributed by atoms with Gasteiger partial charge in [0.1, 0.15) is 5.69 Å². The van der Waals surface area contributed by atoms with Crippen molar-refractivity contribution < 1.29 is 4.52 Å². The van der Waals surface area contributed by atoms with Crippen LogP contribution in [0.25, 0.3) is 44.3 Å². The monoisotopic (exact) mass is 323 g/mol. The van der Waals surface area contributed by atoms with Crippen LogP contribution in [-0.4, -0.2) is 15.1 Å². The molecule has 0 saturated carbocycles. The third-order valence-electron chi connectivity index (χ3n) is 4.36. The highest BCUT2D eigenvalue weighted by Crippen LogP contribution is 2.36. The third kappa shape index (κ3) is 2.19. The van der Waals surface area contributed by atoms with E-state index in [9.17, 15) is 0 Å². The molecule has 4 nitrogen and oxygen atoms in total. The number of nitrogens with zero attached hydrogens (tertiary/aromatic N) is 3. The van der Waals surface area contributed by atoms with Crippen LogP contribution in [0.2, 0.25) is 0 Å². The first-order valence-corrected chi connectivity index (χ1v) is 8.05. The standard InChI is InChI=1S/C21H13N3O/c1-2-7-15-14(6-1)12-22-13-18(15)16-8-5-9-17-20(24-25-21(16)17)19-10-3-4-11-23-19/h1-13H. The van der Waals surface area contributed by atoms with Crippen molar-refractivity contribution in [1.29, 1.82) is 0 Å². The number of pyridine rings is 2. The maximum Gasteiger partial charge on any atom is 0.175 e. The minimum Gasteiger partial charge on any atom is -0.355 e. The van der Waals surface area contributed by atoms with Crippen LogP contribution in [0.15, 0.2) is 83.8 Å². The Kier molecular flexibility index (Phi) is 3.07. The molecule has 0 aliphatic carbocycles. The van der Waals surface area contributed by atoms with Crippen LogP contribution in [0, 0.1) is 0 Å². The Balaban J connectivity index is 1.79. The van der Waals surface area contributed by atoms with Crippen molar-refractivity contribution in [2.75, 3.05) is 0 Å². The molecule has 0 atom stereocenters. The maximum atomic E-state index is 5.72. The van der Waals surface area contributed by atoms with Crippen molar-refractivity contribution in [3.63, 3.8) is 0 Å². The number of fused-ring (bicyclic) bond motifs is 2. The Labute approximate surface area is 143 Å². The lowest BCUT2D eigenvalue weighted by Crippen LogP contribution is -1.85. The van der Waals surface area contributed by atoms with Gasteiger partial charge in [0, 0.05) is 35.1 Å². The highest BCUT2D eigenvalue weighted by atomic mass is 16.5. The molecular weight excluding hydrogens is 310 g/mol. The van der Waals surface area contributed by atoms with Gasteiger partial charge in [-0.25, -0.2) is 0 Å². The lowest BCUT2D eigenvalue weighted by Gasteiger charge is -2.06. The summed E-state index contributed by atoms with van der Waals surface area (Å²) in [6.45, 7) is 0. The van der Waals surface area contributed by atoms with Gasteiger partial charge in [-0.05, 0) is 23.6 Å². The number of benzene rings is 2. The number of rotatable bonds is 2. The van der Waals surface area contributed by atoms with Gasteiger partial charge in [-0.1, -0.05) is 47.6 Å². The van der Waals surface area contributed by atoms with E-state index in [0.717, 1.165) is 44.3 Å². The zero-order chi connectivity index (χ0) is 16.6. The molecule has 5 aromatic rings. The number of para-hydroxylation sites is 1. The molecule has 0 N–H and O–H groups in total. The molecule has 5 rings (SSSR count). The van der Waals surface area contributed by atoms with Crippen LogP contribution >= 0.6 is 0 Å². The summed E-state index contributed by atoms with van der Waals surface area (Å²) in [5, 5.41) is 7.46. The van der Waals surface area contributed by atoms with Crippen molar-refractivity contribution in [3.05, 3.63) is 79.3 Å². The van der Waals surface area contributed by atoms with E-state index < -0.39 is 0 Å². The maximum absolute atomic E-state index is 5.72. The summed E-state index contributed by atoms with van der Waals surface area (Å²) in [5.41, 5.74) is 4.32.